The lowest BCUT2D eigenvalue weighted by atomic mass is 10.1. The highest BCUT2D eigenvalue weighted by Gasteiger charge is 2.32. The second-order valence-electron chi connectivity index (χ2n) is 6.62. The molecule has 1 aliphatic rings. The third-order valence-electron chi connectivity index (χ3n) is 4.46. The number of pyridine rings is 1. The van der Waals surface area contributed by atoms with Crippen molar-refractivity contribution in [3.8, 4) is 0 Å². The summed E-state index contributed by atoms with van der Waals surface area (Å²) in [5, 5.41) is 14.1. The second kappa shape index (κ2) is 6.22. The van der Waals surface area contributed by atoms with Gasteiger partial charge < -0.3 is 10.0 Å². The number of fused-ring (bicyclic) bond motifs is 1. The first-order valence-electron chi connectivity index (χ1n) is 8.26. The lowest BCUT2D eigenvalue weighted by Crippen LogP contribution is -2.37. The van der Waals surface area contributed by atoms with Crippen molar-refractivity contribution in [2.45, 2.75) is 52.1 Å². The summed E-state index contributed by atoms with van der Waals surface area (Å²) in [7, 11) is 0. The molecule has 24 heavy (non-hydrogen) atoms. The Morgan fingerprint density at radius 1 is 1.42 bits per heavy atom. The van der Waals surface area contributed by atoms with Crippen molar-refractivity contribution in [1.29, 1.82) is 0 Å². The first-order valence-corrected chi connectivity index (χ1v) is 8.26. The number of likely N-dealkylation sites (tertiary alicyclic amines) is 1. The molecule has 0 radical (unpaired) electrons. The Balaban J connectivity index is 2.02. The maximum Gasteiger partial charge on any atom is 0.305 e. The van der Waals surface area contributed by atoms with Gasteiger partial charge in [-0.1, -0.05) is 0 Å². The number of aliphatic carboxylic acids is 1. The number of carbonyl (C=O) groups is 2. The van der Waals surface area contributed by atoms with Gasteiger partial charge in [0, 0.05) is 24.3 Å². The molecule has 0 saturated carbocycles. The maximum absolute atomic E-state index is 13.1. The lowest BCUT2D eigenvalue weighted by Gasteiger charge is -2.24. The molecule has 1 aliphatic heterocycles. The van der Waals surface area contributed by atoms with Gasteiger partial charge in [-0.15, -0.1) is 0 Å². The van der Waals surface area contributed by atoms with E-state index >= 15 is 0 Å². The van der Waals surface area contributed by atoms with Gasteiger partial charge in [0.1, 0.15) is 0 Å². The van der Waals surface area contributed by atoms with Crippen LogP contribution in [0.5, 0.6) is 0 Å². The summed E-state index contributed by atoms with van der Waals surface area (Å²) in [5.41, 5.74) is 2.01. The van der Waals surface area contributed by atoms with Gasteiger partial charge in [-0.05, 0) is 39.7 Å². The largest absolute Gasteiger partial charge is 0.481 e. The average Bonchev–Trinajstić information content (AvgIpc) is 3.11. The molecular formula is C17H22N4O3. The molecule has 7 nitrogen and oxygen atoms in total. The Morgan fingerprint density at radius 2 is 2.17 bits per heavy atom. The number of amides is 1. The van der Waals surface area contributed by atoms with Gasteiger partial charge in [-0.25, -0.2) is 9.67 Å². The van der Waals surface area contributed by atoms with E-state index in [2.05, 4.69) is 10.1 Å². The van der Waals surface area contributed by atoms with Crippen LogP contribution in [0.4, 0.5) is 0 Å². The molecule has 2 aromatic heterocycles. The number of carboxylic acid groups (broad SMARTS) is 1. The fraction of sp³-hybridized carbons (Fsp3) is 0.529. The number of aryl methyl sites for hydroxylation is 1. The minimum Gasteiger partial charge on any atom is -0.481 e. The van der Waals surface area contributed by atoms with Crippen LogP contribution in [0.3, 0.4) is 0 Å². The number of nitrogens with zero attached hydrogens (tertiary/aromatic N) is 4. The zero-order valence-corrected chi connectivity index (χ0v) is 14.2. The zero-order valence-electron chi connectivity index (χ0n) is 14.2. The van der Waals surface area contributed by atoms with E-state index in [9.17, 15) is 9.59 Å². The molecule has 2 aromatic rings. The number of carboxylic acids is 1. The van der Waals surface area contributed by atoms with Crippen molar-refractivity contribution in [2.75, 3.05) is 6.54 Å². The lowest BCUT2D eigenvalue weighted by molar-refractivity contribution is -0.137. The molecule has 1 amide bonds. The van der Waals surface area contributed by atoms with Crippen LogP contribution in [-0.2, 0) is 4.79 Å². The topological polar surface area (TPSA) is 88.3 Å². The first kappa shape index (κ1) is 16.4. The standard InChI is InChI=1S/C17H22N4O3/c1-10(2)21-16-14(9-18-21)13(7-11(3)19-16)17(24)20-6-4-5-12(20)8-15(22)23/h7,9-10,12H,4-6,8H2,1-3H3,(H,22,23). The summed E-state index contributed by atoms with van der Waals surface area (Å²) in [4.78, 5) is 30.3. The number of rotatable bonds is 4. The zero-order chi connectivity index (χ0) is 17.4. The molecule has 3 rings (SSSR count). The van der Waals surface area contributed by atoms with Crippen molar-refractivity contribution < 1.29 is 14.7 Å². The fourth-order valence-corrected chi connectivity index (χ4v) is 3.37. The van der Waals surface area contributed by atoms with E-state index in [-0.39, 0.29) is 24.4 Å². The molecule has 1 fully saturated rings. The van der Waals surface area contributed by atoms with Crippen LogP contribution in [0.25, 0.3) is 11.0 Å². The molecule has 7 heteroatoms. The van der Waals surface area contributed by atoms with E-state index in [1.54, 1.807) is 21.8 Å². The Labute approximate surface area is 140 Å². The third-order valence-corrected chi connectivity index (χ3v) is 4.46. The third kappa shape index (κ3) is 2.86. The predicted molar refractivity (Wildman–Crippen MR) is 89.0 cm³/mol. The first-order chi connectivity index (χ1) is 11.4. The van der Waals surface area contributed by atoms with E-state index in [0.29, 0.717) is 17.8 Å². The molecule has 0 spiro atoms. The van der Waals surface area contributed by atoms with Crippen molar-refractivity contribution in [3.05, 3.63) is 23.5 Å². The summed E-state index contributed by atoms with van der Waals surface area (Å²) < 4.78 is 1.80. The molecule has 1 unspecified atom stereocenters. The molecule has 0 aromatic carbocycles. The van der Waals surface area contributed by atoms with Crippen LogP contribution >= 0.6 is 0 Å². The molecule has 0 bridgehead atoms. The Morgan fingerprint density at radius 3 is 2.83 bits per heavy atom. The normalized spacial score (nSPS) is 17.8. The summed E-state index contributed by atoms with van der Waals surface area (Å²) >= 11 is 0. The molecule has 3 heterocycles. The maximum atomic E-state index is 13.1. The minimum absolute atomic E-state index is 0.00972. The summed E-state index contributed by atoms with van der Waals surface area (Å²) in [6, 6.07) is 1.68. The van der Waals surface area contributed by atoms with Crippen molar-refractivity contribution in [1.82, 2.24) is 19.7 Å². The average molecular weight is 330 g/mol. The molecule has 1 N–H and O–H groups in total. The van der Waals surface area contributed by atoms with E-state index in [1.807, 2.05) is 20.8 Å². The smallest absolute Gasteiger partial charge is 0.305 e. The van der Waals surface area contributed by atoms with E-state index in [0.717, 1.165) is 23.9 Å². The quantitative estimate of drug-likeness (QED) is 0.930. The van der Waals surface area contributed by atoms with Crippen LogP contribution in [0.1, 0.15) is 55.2 Å². The molecule has 128 valence electrons. The minimum atomic E-state index is -0.872. The Kier molecular flexibility index (Phi) is 4.26. The van der Waals surface area contributed by atoms with Gasteiger partial charge in [-0.2, -0.15) is 5.10 Å². The number of carbonyl (C=O) groups excluding carboxylic acids is 1. The van der Waals surface area contributed by atoms with Crippen LogP contribution in [0.15, 0.2) is 12.3 Å². The predicted octanol–water partition coefficient (Wildman–Crippen LogP) is 2.40. The van der Waals surface area contributed by atoms with Crippen LogP contribution in [0, 0.1) is 6.92 Å². The molecular weight excluding hydrogens is 308 g/mol. The van der Waals surface area contributed by atoms with Gasteiger partial charge in [-0.3, -0.25) is 9.59 Å². The summed E-state index contributed by atoms with van der Waals surface area (Å²) in [6.07, 6.45) is 3.24. The van der Waals surface area contributed by atoms with Gasteiger partial charge in [0.05, 0.1) is 23.6 Å². The van der Waals surface area contributed by atoms with E-state index < -0.39 is 5.97 Å². The summed E-state index contributed by atoms with van der Waals surface area (Å²) in [5.74, 6) is -0.999. The Hall–Kier alpha value is -2.44. The van der Waals surface area contributed by atoms with Gasteiger partial charge in [0.2, 0.25) is 0 Å². The SMILES string of the molecule is Cc1cc(C(=O)N2CCCC2CC(=O)O)c2cnn(C(C)C)c2n1. The number of hydrogen-bond donors (Lipinski definition) is 1. The van der Waals surface area contributed by atoms with E-state index in [1.165, 1.54) is 0 Å². The number of aromatic nitrogens is 3. The fourth-order valence-electron chi connectivity index (χ4n) is 3.37. The highest BCUT2D eigenvalue weighted by molar-refractivity contribution is 6.05. The molecule has 1 saturated heterocycles. The van der Waals surface area contributed by atoms with Crippen LogP contribution < -0.4 is 0 Å². The second-order valence-corrected chi connectivity index (χ2v) is 6.62. The highest BCUT2D eigenvalue weighted by atomic mass is 16.4. The molecule has 0 aliphatic carbocycles. The van der Waals surface area contributed by atoms with Gasteiger partial charge >= 0.3 is 5.97 Å². The number of hydrogen-bond acceptors (Lipinski definition) is 4. The van der Waals surface area contributed by atoms with Gasteiger partial charge in [0.25, 0.3) is 5.91 Å². The van der Waals surface area contributed by atoms with Gasteiger partial charge in [0.15, 0.2) is 5.65 Å². The Bertz CT molecular complexity index is 796. The highest BCUT2D eigenvalue weighted by Crippen LogP contribution is 2.27. The summed E-state index contributed by atoms with van der Waals surface area (Å²) in [6.45, 7) is 6.48. The van der Waals surface area contributed by atoms with Crippen molar-refractivity contribution in [3.63, 3.8) is 0 Å². The molecule has 1 atom stereocenters. The van der Waals surface area contributed by atoms with Crippen molar-refractivity contribution in [2.24, 2.45) is 0 Å². The van der Waals surface area contributed by atoms with E-state index in [4.69, 9.17) is 5.11 Å². The van der Waals surface area contributed by atoms with Crippen LogP contribution in [0.2, 0.25) is 0 Å². The monoisotopic (exact) mass is 330 g/mol. The van der Waals surface area contributed by atoms with Crippen molar-refractivity contribution >= 4 is 22.9 Å². The van der Waals surface area contributed by atoms with Crippen LogP contribution in [-0.4, -0.2) is 49.2 Å².